The van der Waals surface area contributed by atoms with Gasteiger partial charge in [-0.25, -0.2) is 4.39 Å². The fourth-order valence-corrected chi connectivity index (χ4v) is 0.920. The lowest BCUT2D eigenvalue weighted by molar-refractivity contribution is 0.444. The van der Waals surface area contributed by atoms with Crippen molar-refractivity contribution in [2.24, 2.45) is 0 Å². The summed E-state index contributed by atoms with van der Waals surface area (Å²) < 4.78 is 17.3. The molecule has 58 valence electrons. The maximum absolute atomic E-state index is 12.5. The van der Waals surface area contributed by atoms with Gasteiger partial charge in [0.25, 0.3) is 0 Å². The lowest BCUT2D eigenvalue weighted by Crippen LogP contribution is -2.26. The van der Waals surface area contributed by atoms with Crippen LogP contribution in [0.1, 0.15) is 0 Å². The van der Waals surface area contributed by atoms with Crippen LogP contribution in [0.2, 0.25) is 0 Å². The van der Waals surface area contributed by atoms with E-state index in [1.165, 1.54) is 19.2 Å². The van der Waals surface area contributed by atoms with E-state index >= 15 is 0 Å². The highest BCUT2D eigenvalue weighted by Crippen LogP contribution is 1.97. The molecule has 0 bridgehead atoms. The third kappa shape index (κ3) is 2.21. The van der Waals surface area contributed by atoms with Crippen LogP contribution in [-0.4, -0.2) is 13.4 Å². The molecule has 0 N–H and O–H groups in total. The Hall–Kier alpha value is -0.535. The van der Waals surface area contributed by atoms with Crippen molar-refractivity contribution in [2.45, 2.75) is 0 Å². The lowest BCUT2D eigenvalue weighted by atomic mass is 9.86. The minimum absolute atomic E-state index is 0.301. The molecule has 0 radical (unpaired) electrons. The minimum atomic E-state index is -0.564. The second-order valence-electron chi connectivity index (χ2n) is 2.11. The van der Waals surface area contributed by atoms with Gasteiger partial charge in [-0.05, 0) is 17.6 Å². The summed E-state index contributed by atoms with van der Waals surface area (Å²) in [6, 6.07) is 6.02. The Kier molecular flexibility index (Phi) is 2.91. The van der Waals surface area contributed by atoms with E-state index < -0.39 is 6.33 Å². The van der Waals surface area contributed by atoms with Crippen molar-refractivity contribution in [2.75, 3.05) is 7.11 Å². The van der Waals surface area contributed by atoms with Crippen LogP contribution in [0.5, 0.6) is 0 Å². The summed E-state index contributed by atoms with van der Waals surface area (Å²) in [5.41, 5.74) is 0.633. The van der Waals surface area contributed by atoms with E-state index in [9.17, 15) is 4.39 Å². The first-order chi connectivity index (χ1) is 5.24. The molecular formula is C7H7BClFO. The molecule has 1 nitrogen and oxygen atoms in total. The van der Waals surface area contributed by atoms with Gasteiger partial charge < -0.3 is 4.65 Å². The second-order valence-corrected chi connectivity index (χ2v) is 2.50. The predicted octanol–water partition coefficient (Wildman–Crippen LogP) is 1.41. The van der Waals surface area contributed by atoms with Crippen LogP contribution in [-0.2, 0) is 4.65 Å². The number of hydrogen-bond donors (Lipinski definition) is 0. The molecular weight excluding hydrogens is 165 g/mol. The van der Waals surface area contributed by atoms with Gasteiger partial charge in [-0.1, -0.05) is 12.1 Å². The van der Waals surface area contributed by atoms with E-state index in [1.54, 1.807) is 12.1 Å². The summed E-state index contributed by atoms with van der Waals surface area (Å²) in [5.74, 6) is -0.301. The molecule has 0 aliphatic rings. The molecule has 0 aliphatic heterocycles. The van der Waals surface area contributed by atoms with Gasteiger partial charge in [0, 0.05) is 7.11 Å². The van der Waals surface area contributed by atoms with Crippen molar-refractivity contribution in [3.8, 4) is 0 Å². The highest BCUT2D eigenvalue weighted by Gasteiger charge is 2.12. The molecule has 0 aromatic heterocycles. The quantitative estimate of drug-likeness (QED) is 0.613. The Balaban J connectivity index is 2.86. The van der Waals surface area contributed by atoms with E-state index in [-0.39, 0.29) is 5.82 Å². The van der Waals surface area contributed by atoms with Crippen molar-refractivity contribution < 1.29 is 9.04 Å². The van der Waals surface area contributed by atoms with Gasteiger partial charge in [-0.15, -0.1) is 11.5 Å². The van der Waals surface area contributed by atoms with Gasteiger partial charge in [0.15, 0.2) is 0 Å². The van der Waals surface area contributed by atoms with E-state index in [1.807, 2.05) is 0 Å². The van der Waals surface area contributed by atoms with E-state index in [4.69, 9.17) is 16.1 Å². The molecule has 1 aromatic carbocycles. The Bertz CT molecular complexity index is 244. The number of hydrogen-bond acceptors (Lipinski definition) is 1. The van der Waals surface area contributed by atoms with Crippen molar-refractivity contribution in [3.05, 3.63) is 30.1 Å². The summed E-state index contributed by atoms with van der Waals surface area (Å²) in [5, 5.41) is 0. The normalized spacial score (nSPS) is 9.73. The monoisotopic (exact) mass is 172 g/mol. The average molecular weight is 172 g/mol. The molecule has 0 heterocycles. The topological polar surface area (TPSA) is 9.23 Å². The van der Waals surface area contributed by atoms with Crippen molar-refractivity contribution in [3.63, 3.8) is 0 Å². The summed E-state index contributed by atoms with van der Waals surface area (Å²) >= 11 is 5.67. The first-order valence-electron chi connectivity index (χ1n) is 3.16. The van der Waals surface area contributed by atoms with E-state index in [0.717, 1.165) is 0 Å². The smallest absolute Gasteiger partial charge is 0.421 e. The highest BCUT2D eigenvalue weighted by molar-refractivity contribution is 7.10. The zero-order valence-corrected chi connectivity index (χ0v) is 6.81. The molecule has 0 aliphatic carbocycles. The lowest BCUT2D eigenvalue weighted by Gasteiger charge is -2.01. The first-order valence-corrected chi connectivity index (χ1v) is 3.60. The summed E-state index contributed by atoms with van der Waals surface area (Å²) in [6.07, 6.45) is -0.564. The standard InChI is InChI=1S/C7H7BClFO/c1-11-8(9)6-3-2-4-7(10)5-6/h2-5H,1H3. The third-order valence-corrected chi connectivity index (χ3v) is 1.75. The molecule has 11 heavy (non-hydrogen) atoms. The second kappa shape index (κ2) is 3.74. The van der Waals surface area contributed by atoms with Gasteiger partial charge in [0.05, 0.1) is 0 Å². The van der Waals surface area contributed by atoms with Crippen molar-refractivity contribution in [1.82, 2.24) is 0 Å². The first kappa shape index (κ1) is 8.56. The van der Waals surface area contributed by atoms with Gasteiger partial charge >= 0.3 is 6.33 Å². The third-order valence-electron chi connectivity index (χ3n) is 1.32. The fourth-order valence-electron chi connectivity index (χ4n) is 0.784. The Morgan fingerprint density at radius 3 is 2.82 bits per heavy atom. The fraction of sp³-hybridized carbons (Fsp3) is 0.143. The van der Waals surface area contributed by atoms with Gasteiger partial charge in [0.2, 0.25) is 0 Å². The maximum Gasteiger partial charge on any atom is 0.434 e. The predicted molar refractivity (Wildman–Crippen MR) is 44.7 cm³/mol. The number of benzene rings is 1. The molecule has 1 rings (SSSR count). The Labute approximate surface area is 70.2 Å². The molecule has 0 spiro atoms. The zero-order chi connectivity index (χ0) is 8.27. The maximum atomic E-state index is 12.5. The zero-order valence-electron chi connectivity index (χ0n) is 6.05. The average Bonchev–Trinajstić information content (AvgIpc) is 2.03. The number of halogens is 2. The molecule has 0 unspecified atom stereocenters. The molecule has 1 aromatic rings. The van der Waals surface area contributed by atoms with Crippen molar-refractivity contribution >= 4 is 23.3 Å². The molecule has 0 saturated heterocycles. The summed E-state index contributed by atoms with van der Waals surface area (Å²) in [6.45, 7) is 0. The van der Waals surface area contributed by atoms with Crippen LogP contribution < -0.4 is 5.46 Å². The minimum Gasteiger partial charge on any atom is -0.421 e. The van der Waals surface area contributed by atoms with Crippen LogP contribution >= 0.6 is 11.5 Å². The van der Waals surface area contributed by atoms with Crippen LogP contribution in [0.15, 0.2) is 24.3 Å². The van der Waals surface area contributed by atoms with Crippen molar-refractivity contribution in [1.29, 1.82) is 0 Å². The Morgan fingerprint density at radius 1 is 1.55 bits per heavy atom. The summed E-state index contributed by atoms with van der Waals surface area (Å²) in [4.78, 5) is 0. The van der Waals surface area contributed by atoms with Gasteiger partial charge in [-0.3, -0.25) is 0 Å². The highest BCUT2D eigenvalue weighted by atomic mass is 35.5. The van der Waals surface area contributed by atoms with Crippen LogP contribution in [0.25, 0.3) is 0 Å². The molecule has 0 saturated carbocycles. The summed E-state index contributed by atoms with van der Waals surface area (Å²) in [7, 11) is 1.47. The Morgan fingerprint density at radius 2 is 2.27 bits per heavy atom. The molecule has 0 amide bonds. The molecule has 0 atom stereocenters. The largest absolute Gasteiger partial charge is 0.434 e. The molecule has 4 heteroatoms. The van der Waals surface area contributed by atoms with Crippen LogP contribution in [0.3, 0.4) is 0 Å². The van der Waals surface area contributed by atoms with Gasteiger partial charge in [0.1, 0.15) is 5.82 Å². The van der Waals surface area contributed by atoms with Gasteiger partial charge in [-0.2, -0.15) is 0 Å². The van der Waals surface area contributed by atoms with Crippen LogP contribution in [0, 0.1) is 5.82 Å². The van der Waals surface area contributed by atoms with Crippen LogP contribution in [0.4, 0.5) is 4.39 Å². The van der Waals surface area contributed by atoms with E-state index in [0.29, 0.717) is 5.46 Å². The van der Waals surface area contributed by atoms with E-state index in [2.05, 4.69) is 0 Å². The molecule has 0 fully saturated rings. The SMILES string of the molecule is COB(Cl)c1cccc(F)c1. The number of rotatable bonds is 2.